The normalized spacial score (nSPS) is 30.4. The number of ether oxygens (including phenoxy) is 1. The van der Waals surface area contributed by atoms with Crippen molar-refractivity contribution in [3.63, 3.8) is 0 Å². The van der Waals surface area contributed by atoms with Crippen molar-refractivity contribution in [2.24, 2.45) is 11.8 Å². The number of carbonyl (C=O) groups excluding carboxylic acids is 1. The fourth-order valence-corrected chi connectivity index (χ4v) is 3.68. The Bertz CT molecular complexity index is 275. The van der Waals surface area contributed by atoms with Crippen LogP contribution in [-0.2, 0) is 9.53 Å². The van der Waals surface area contributed by atoms with Crippen molar-refractivity contribution < 1.29 is 9.53 Å². The van der Waals surface area contributed by atoms with Crippen molar-refractivity contribution >= 4 is 29.2 Å². The fourth-order valence-electron chi connectivity index (χ4n) is 3.57. The summed E-state index contributed by atoms with van der Waals surface area (Å²) in [6, 6.07) is 0. The van der Waals surface area contributed by atoms with Gasteiger partial charge in [0.05, 0.1) is 0 Å². The lowest BCUT2D eigenvalue weighted by molar-refractivity contribution is -0.153. The lowest BCUT2D eigenvalue weighted by Crippen LogP contribution is -2.36. The van der Waals surface area contributed by atoms with Crippen LogP contribution in [0.4, 0.5) is 0 Å². The van der Waals surface area contributed by atoms with Crippen LogP contribution in [0.15, 0.2) is 0 Å². The predicted octanol–water partition coefficient (Wildman–Crippen LogP) is 4.47. The summed E-state index contributed by atoms with van der Waals surface area (Å²) >= 11 is 11.1. The summed E-state index contributed by atoms with van der Waals surface area (Å²) in [6.07, 6.45) is 11.2. The van der Waals surface area contributed by atoms with Gasteiger partial charge in [0.15, 0.2) is 0 Å². The SMILES string of the molecule is O=C(O[C@H]1CCCC[C@H]1C1CCCCC1)C(Cl)Cl. The summed E-state index contributed by atoms with van der Waals surface area (Å²) in [5, 5.41) is 0. The predicted molar refractivity (Wildman–Crippen MR) is 73.9 cm³/mol. The molecule has 0 saturated heterocycles. The molecule has 2 rings (SSSR count). The molecule has 0 radical (unpaired) electrons. The average molecular weight is 293 g/mol. The summed E-state index contributed by atoms with van der Waals surface area (Å²) in [6.45, 7) is 0. The third-order valence-electron chi connectivity index (χ3n) is 4.45. The maximum atomic E-state index is 11.6. The summed E-state index contributed by atoms with van der Waals surface area (Å²) < 4.78 is 5.52. The van der Waals surface area contributed by atoms with Gasteiger partial charge in [0.25, 0.3) is 0 Å². The molecule has 104 valence electrons. The number of rotatable bonds is 3. The van der Waals surface area contributed by atoms with E-state index in [1.807, 2.05) is 0 Å². The van der Waals surface area contributed by atoms with E-state index in [1.54, 1.807) is 0 Å². The van der Waals surface area contributed by atoms with Gasteiger partial charge < -0.3 is 4.74 Å². The minimum Gasteiger partial charge on any atom is -0.460 e. The van der Waals surface area contributed by atoms with Crippen LogP contribution in [0.5, 0.6) is 0 Å². The van der Waals surface area contributed by atoms with Gasteiger partial charge in [0.2, 0.25) is 4.84 Å². The highest BCUT2D eigenvalue weighted by atomic mass is 35.5. The Hall–Kier alpha value is 0.0500. The molecule has 4 heteroatoms. The molecular formula is C14H22Cl2O2. The molecule has 0 aliphatic heterocycles. The van der Waals surface area contributed by atoms with E-state index < -0.39 is 10.8 Å². The molecule has 0 unspecified atom stereocenters. The van der Waals surface area contributed by atoms with Gasteiger partial charge in [0.1, 0.15) is 6.10 Å². The monoisotopic (exact) mass is 292 g/mol. The maximum Gasteiger partial charge on any atom is 0.339 e. The summed E-state index contributed by atoms with van der Waals surface area (Å²) in [4.78, 5) is 10.5. The summed E-state index contributed by atoms with van der Waals surface area (Å²) in [5.41, 5.74) is 0. The van der Waals surface area contributed by atoms with E-state index in [1.165, 1.54) is 44.9 Å². The smallest absolute Gasteiger partial charge is 0.339 e. The van der Waals surface area contributed by atoms with Gasteiger partial charge in [0, 0.05) is 0 Å². The van der Waals surface area contributed by atoms with Crippen molar-refractivity contribution in [2.75, 3.05) is 0 Å². The lowest BCUT2D eigenvalue weighted by atomic mass is 9.72. The first kappa shape index (κ1) is 14.5. The Balaban J connectivity index is 1.94. The first-order chi connectivity index (χ1) is 8.68. The molecule has 2 aliphatic rings. The molecule has 0 N–H and O–H groups in total. The molecule has 0 heterocycles. The van der Waals surface area contributed by atoms with Gasteiger partial charge >= 0.3 is 5.97 Å². The Kier molecular flexibility index (Phi) is 5.62. The van der Waals surface area contributed by atoms with Gasteiger partial charge in [-0.15, -0.1) is 0 Å². The second kappa shape index (κ2) is 7.00. The van der Waals surface area contributed by atoms with E-state index in [-0.39, 0.29) is 6.10 Å². The highest BCUT2D eigenvalue weighted by Crippen LogP contribution is 2.39. The molecule has 0 amide bonds. The second-order valence-corrected chi connectivity index (χ2v) is 6.72. The molecule has 2 saturated carbocycles. The van der Waals surface area contributed by atoms with Gasteiger partial charge in [-0.05, 0) is 31.1 Å². The van der Waals surface area contributed by atoms with E-state index in [4.69, 9.17) is 27.9 Å². The van der Waals surface area contributed by atoms with Crippen molar-refractivity contribution in [3.05, 3.63) is 0 Å². The summed E-state index contributed by atoms with van der Waals surface area (Å²) in [7, 11) is 0. The first-order valence-electron chi connectivity index (χ1n) is 7.17. The zero-order valence-corrected chi connectivity index (χ0v) is 12.3. The lowest BCUT2D eigenvalue weighted by Gasteiger charge is -2.38. The van der Waals surface area contributed by atoms with Crippen LogP contribution in [-0.4, -0.2) is 16.9 Å². The number of carbonyl (C=O) groups is 1. The third kappa shape index (κ3) is 3.77. The minimum absolute atomic E-state index is 0.0503. The van der Waals surface area contributed by atoms with Gasteiger partial charge in [-0.1, -0.05) is 61.7 Å². The standard InChI is InChI=1S/C14H22Cl2O2/c15-13(16)14(17)18-12-9-5-4-8-11(12)10-6-2-1-3-7-10/h10-13H,1-9H2/t11-,12-/m0/s1. The Morgan fingerprint density at radius 3 is 2.22 bits per heavy atom. The summed E-state index contributed by atoms with van der Waals surface area (Å²) in [5.74, 6) is 0.807. The van der Waals surface area contributed by atoms with Crippen LogP contribution in [0.1, 0.15) is 57.8 Å². The molecule has 0 spiro atoms. The van der Waals surface area contributed by atoms with E-state index in [0.29, 0.717) is 5.92 Å². The van der Waals surface area contributed by atoms with Crippen molar-refractivity contribution in [1.82, 2.24) is 0 Å². The largest absolute Gasteiger partial charge is 0.460 e. The first-order valence-corrected chi connectivity index (χ1v) is 8.04. The topological polar surface area (TPSA) is 26.3 Å². The van der Waals surface area contributed by atoms with Crippen molar-refractivity contribution in [2.45, 2.75) is 68.7 Å². The second-order valence-electron chi connectivity index (χ2n) is 5.62. The maximum absolute atomic E-state index is 11.6. The molecule has 2 nitrogen and oxygen atoms in total. The molecule has 2 aliphatic carbocycles. The van der Waals surface area contributed by atoms with Gasteiger partial charge in [-0.3, -0.25) is 0 Å². The Labute approximate surface area is 119 Å². The molecule has 0 aromatic heterocycles. The third-order valence-corrected chi connectivity index (χ3v) is 4.81. The van der Waals surface area contributed by atoms with E-state index in [0.717, 1.165) is 18.8 Å². The number of esters is 1. The molecule has 2 atom stereocenters. The van der Waals surface area contributed by atoms with Gasteiger partial charge in [-0.2, -0.15) is 0 Å². The Morgan fingerprint density at radius 1 is 0.944 bits per heavy atom. The molecule has 0 aromatic rings. The van der Waals surface area contributed by atoms with Crippen molar-refractivity contribution in [1.29, 1.82) is 0 Å². The number of alkyl halides is 2. The van der Waals surface area contributed by atoms with Crippen molar-refractivity contribution in [3.8, 4) is 0 Å². The van der Waals surface area contributed by atoms with Crippen LogP contribution >= 0.6 is 23.2 Å². The van der Waals surface area contributed by atoms with Crippen LogP contribution < -0.4 is 0 Å². The molecular weight excluding hydrogens is 271 g/mol. The van der Waals surface area contributed by atoms with E-state index in [2.05, 4.69) is 0 Å². The van der Waals surface area contributed by atoms with Crippen LogP contribution in [0, 0.1) is 11.8 Å². The molecule has 18 heavy (non-hydrogen) atoms. The number of hydrogen-bond donors (Lipinski definition) is 0. The molecule has 0 aromatic carbocycles. The highest BCUT2D eigenvalue weighted by Gasteiger charge is 2.35. The minimum atomic E-state index is -1.04. The molecule has 2 fully saturated rings. The average Bonchev–Trinajstić information content (AvgIpc) is 2.40. The van der Waals surface area contributed by atoms with Gasteiger partial charge in [-0.25, -0.2) is 4.79 Å². The highest BCUT2D eigenvalue weighted by molar-refractivity contribution is 6.52. The quantitative estimate of drug-likeness (QED) is 0.567. The fraction of sp³-hybridized carbons (Fsp3) is 0.929. The zero-order chi connectivity index (χ0) is 13.0. The number of halogens is 2. The van der Waals surface area contributed by atoms with E-state index >= 15 is 0 Å². The van der Waals surface area contributed by atoms with Crippen LogP contribution in [0.25, 0.3) is 0 Å². The zero-order valence-electron chi connectivity index (χ0n) is 10.7. The van der Waals surface area contributed by atoms with Crippen LogP contribution in [0.2, 0.25) is 0 Å². The van der Waals surface area contributed by atoms with E-state index in [9.17, 15) is 4.79 Å². The van der Waals surface area contributed by atoms with Crippen LogP contribution in [0.3, 0.4) is 0 Å². The molecule has 0 bridgehead atoms. The Morgan fingerprint density at radius 2 is 1.56 bits per heavy atom. The number of hydrogen-bond acceptors (Lipinski definition) is 2.